The lowest BCUT2D eigenvalue weighted by Crippen LogP contribution is -2.57. The smallest absolute Gasteiger partial charge is 0.189 e. The first-order chi connectivity index (χ1) is 12.2. The average Bonchev–Trinajstić information content (AvgIpc) is 3.07. The van der Waals surface area contributed by atoms with E-state index in [2.05, 4.69) is 36.1 Å². The van der Waals surface area contributed by atoms with Crippen LogP contribution in [0, 0.1) is 11.3 Å². The molecular formula is C15H17N7OS2. The van der Waals surface area contributed by atoms with Gasteiger partial charge in [0.05, 0.1) is 6.20 Å². The average molecular weight is 375 g/mol. The van der Waals surface area contributed by atoms with Crippen LogP contribution in [0.1, 0.15) is 4.88 Å². The predicted octanol–water partition coefficient (Wildman–Crippen LogP) is 0.801. The van der Waals surface area contributed by atoms with Crippen molar-refractivity contribution in [3.05, 3.63) is 23.5 Å². The molecule has 130 valence electrons. The number of anilines is 3. The summed E-state index contributed by atoms with van der Waals surface area (Å²) >= 11 is 1.29. The van der Waals surface area contributed by atoms with Crippen molar-refractivity contribution in [1.29, 1.82) is 5.26 Å². The molecule has 4 heterocycles. The van der Waals surface area contributed by atoms with Crippen LogP contribution in [-0.2, 0) is 10.8 Å². The van der Waals surface area contributed by atoms with Gasteiger partial charge >= 0.3 is 0 Å². The molecule has 0 saturated carbocycles. The number of rotatable bonds is 4. The standard InChI is InChI=1S/C15H17N7OS2/c16-6-12-7-17-15(24-12)20-13-5-14(19-10-18-13)22-3-1-21(2-4-22)11-8-25(23)9-11/h5,7,10-11H,1-4,8-9H2,(H,17,18,19,20). The highest BCUT2D eigenvalue weighted by atomic mass is 32.2. The topological polar surface area (TPSA) is 98.0 Å². The fraction of sp³-hybridized carbons (Fsp3) is 0.467. The van der Waals surface area contributed by atoms with Crippen LogP contribution < -0.4 is 10.2 Å². The molecule has 0 amide bonds. The van der Waals surface area contributed by atoms with E-state index < -0.39 is 10.8 Å². The molecule has 2 fully saturated rings. The zero-order valence-electron chi connectivity index (χ0n) is 13.5. The van der Waals surface area contributed by atoms with Crippen LogP contribution in [0.3, 0.4) is 0 Å². The number of nitriles is 1. The summed E-state index contributed by atoms with van der Waals surface area (Å²) in [5.41, 5.74) is 0. The molecule has 2 aliphatic rings. The Balaban J connectivity index is 1.38. The van der Waals surface area contributed by atoms with Crippen molar-refractivity contribution in [3.63, 3.8) is 0 Å². The maximum absolute atomic E-state index is 11.3. The minimum absolute atomic E-state index is 0.491. The third-order valence-electron chi connectivity index (χ3n) is 4.41. The van der Waals surface area contributed by atoms with Crippen LogP contribution in [0.15, 0.2) is 18.6 Å². The fourth-order valence-electron chi connectivity index (χ4n) is 2.99. The zero-order chi connectivity index (χ0) is 17.2. The SMILES string of the molecule is N#Cc1cnc(Nc2cc(N3CCN(C4CS(=O)C4)CC3)ncn2)s1. The number of aromatic nitrogens is 3. The van der Waals surface area contributed by atoms with Gasteiger partial charge in [0.1, 0.15) is 28.9 Å². The fourth-order valence-corrected chi connectivity index (χ4v) is 4.79. The lowest BCUT2D eigenvalue weighted by Gasteiger charge is -2.42. The van der Waals surface area contributed by atoms with E-state index >= 15 is 0 Å². The van der Waals surface area contributed by atoms with Crippen LogP contribution in [0.25, 0.3) is 0 Å². The summed E-state index contributed by atoms with van der Waals surface area (Å²) in [5.74, 6) is 3.19. The normalized spacial score (nSPS) is 23.7. The van der Waals surface area contributed by atoms with E-state index in [1.165, 1.54) is 17.7 Å². The second-order valence-electron chi connectivity index (χ2n) is 5.98. The minimum Gasteiger partial charge on any atom is -0.354 e. The molecule has 2 aliphatic heterocycles. The van der Waals surface area contributed by atoms with Gasteiger partial charge in [-0.1, -0.05) is 11.3 Å². The summed E-state index contributed by atoms with van der Waals surface area (Å²) in [6.45, 7) is 3.73. The Bertz CT molecular complexity index is 817. The molecule has 2 aromatic heterocycles. The van der Waals surface area contributed by atoms with Gasteiger partial charge in [-0.2, -0.15) is 5.26 Å². The molecule has 0 bridgehead atoms. The minimum atomic E-state index is -0.599. The van der Waals surface area contributed by atoms with Gasteiger partial charge in [0, 0.05) is 60.6 Å². The van der Waals surface area contributed by atoms with E-state index in [0.29, 0.717) is 21.9 Å². The van der Waals surface area contributed by atoms with E-state index in [-0.39, 0.29) is 0 Å². The van der Waals surface area contributed by atoms with Gasteiger partial charge in [-0.25, -0.2) is 15.0 Å². The molecule has 0 atom stereocenters. The molecule has 0 unspecified atom stereocenters. The summed E-state index contributed by atoms with van der Waals surface area (Å²) in [5, 5.41) is 12.6. The van der Waals surface area contributed by atoms with Gasteiger partial charge in [0.2, 0.25) is 0 Å². The second kappa shape index (κ2) is 7.03. The third-order valence-corrected chi connectivity index (χ3v) is 6.75. The lowest BCUT2D eigenvalue weighted by atomic mass is 10.2. The maximum atomic E-state index is 11.3. The van der Waals surface area contributed by atoms with Gasteiger partial charge in [0.15, 0.2) is 5.13 Å². The molecule has 0 radical (unpaired) electrons. The zero-order valence-corrected chi connectivity index (χ0v) is 15.1. The van der Waals surface area contributed by atoms with Crippen molar-refractivity contribution in [2.24, 2.45) is 0 Å². The van der Waals surface area contributed by atoms with Crippen LogP contribution in [0.5, 0.6) is 0 Å². The highest BCUT2D eigenvalue weighted by Crippen LogP contribution is 2.24. The number of nitrogens with one attached hydrogen (secondary N) is 1. The second-order valence-corrected chi connectivity index (χ2v) is 8.55. The Kier molecular flexibility index (Phi) is 4.61. The Morgan fingerprint density at radius 2 is 2.04 bits per heavy atom. The van der Waals surface area contributed by atoms with E-state index in [1.807, 2.05) is 6.07 Å². The highest BCUT2D eigenvalue weighted by molar-refractivity contribution is 7.86. The number of nitrogens with zero attached hydrogens (tertiary/aromatic N) is 6. The summed E-state index contributed by atoms with van der Waals surface area (Å²) in [6, 6.07) is 4.47. The summed E-state index contributed by atoms with van der Waals surface area (Å²) in [6.07, 6.45) is 3.08. The van der Waals surface area contributed by atoms with Crippen molar-refractivity contribution in [1.82, 2.24) is 19.9 Å². The van der Waals surface area contributed by atoms with Crippen LogP contribution >= 0.6 is 11.3 Å². The summed E-state index contributed by atoms with van der Waals surface area (Å²) in [4.78, 5) is 18.0. The molecule has 2 saturated heterocycles. The van der Waals surface area contributed by atoms with Crippen molar-refractivity contribution >= 4 is 38.9 Å². The third kappa shape index (κ3) is 3.63. The number of hydrogen-bond acceptors (Lipinski definition) is 9. The molecule has 1 N–H and O–H groups in total. The van der Waals surface area contributed by atoms with Gasteiger partial charge < -0.3 is 10.2 Å². The van der Waals surface area contributed by atoms with Gasteiger partial charge in [-0.15, -0.1) is 0 Å². The number of thiazole rings is 1. The Hall–Kier alpha value is -2.09. The van der Waals surface area contributed by atoms with Crippen LogP contribution in [0.4, 0.5) is 16.8 Å². The van der Waals surface area contributed by atoms with Crippen LogP contribution in [-0.4, -0.2) is 67.8 Å². The molecule has 0 aliphatic carbocycles. The molecule has 25 heavy (non-hydrogen) atoms. The maximum Gasteiger partial charge on any atom is 0.189 e. The van der Waals surface area contributed by atoms with Crippen molar-refractivity contribution in [3.8, 4) is 6.07 Å². The van der Waals surface area contributed by atoms with Gasteiger partial charge in [0.25, 0.3) is 0 Å². The molecule has 4 rings (SSSR count). The first kappa shape index (κ1) is 16.4. The van der Waals surface area contributed by atoms with Crippen molar-refractivity contribution in [2.45, 2.75) is 6.04 Å². The Morgan fingerprint density at radius 3 is 2.72 bits per heavy atom. The van der Waals surface area contributed by atoms with Crippen molar-refractivity contribution < 1.29 is 4.21 Å². The van der Waals surface area contributed by atoms with E-state index in [9.17, 15) is 4.21 Å². The van der Waals surface area contributed by atoms with Crippen LogP contribution in [0.2, 0.25) is 0 Å². The van der Waals surface area contributed by atoms with E-state index in [4.69, 9.17) is 5.26 Å². The van der Waals surface area contributed by atoms with Gasteiger partial charge in [-0.05, 0) is 0 Å². The molecule has 10 heteroatoms. The summed E-state index contributed by atoms with van der Waals surface area (Å²) in [7, 11) is -0.599. The first-order valence-electron chi connectivity index (χ1n) is 8.00. The van der Waals surface area contributed by atoms with Gasteiger partial charge in [-0.3, -0.25) is 9.11 Å². The number of hydrogen-bond donors (Lipinski definition) is 1. The molecule has 0 aromatic carbocycles. The Morgan fingerprint density at radius 1 is 1.24 bits per heavy atom. The lowest BCUT2D eigenvalue weighted by molar-refractivity contribution is 0.205. The molecular weight excluding hydrogens is 358 g/mol. The number of piperazine rings is 1. The Labute approximate surface area is 152 Å². The highest BCUT2D eigenvalue weighted by Gasteiger charge is 2.33. The quantitative estimate of drug-likeness (QED) is 0.838. The first-order valence-corrected chi connectivity index (χ1v) is 10.3. The predicted molar refractivity (Wildman–Crippen MR) is 97.6 cm³/mol. The summed E-state index contributed by atoms with van der Waals surface area (Å²) < 4.78 is 11.3. The molecule has 2 aromatic rings. The monoisotopic (exact) mass is 375 g/mol. The van der Waals surface area contributed by atoms with E-state index in [1.54, 1.807) is 6.20 Å². The van der Waals surface area contributed by atoms with Crippen molar-refractivity contribution in [2.75, 3.05) is 47.9 Å². The molecule has 0 spiro atoms. The molecule has 8 nitrogen and oxygen atoms in total. The van der Waals surface area contributed by atoms with E-state index in [0.717, 1.165) is 43.5 Å². The largest absolute Gasteiger partial charge is 0.354 e.